The van der Waals surface area contributed by atoms with E-state index in [0.717, 1.165) is 12.3 Å². The lowest BCUT2D eigenvalue weighted by Gasteiger charge is -2.31. The van der Waals surface area contributed by atoms with Crippen LogP contribution in [-0.2, 0) is 15.7 Å². The van der Waals surface area contributed by atoms with Gasteiger partial charge < -0.3 is 9.64 Å². The van der Waals surface area contributed by atoms with Gasteiger partial charge in [0.15, 0.2) is 0 Å². The van der Waals surface area contributed by atoms with Crippen molar-refractivity contribution < 1.29 is 22.7 Å². The molecule has 8 heteroatoms. The Hall–Kier alpha value is -1.86. The van der Waals surface area contributed by atoms with E-state index in [2.05, 4.69) is 14.7 Å². The predicted octanol–water partition coefficient (Wildman–Crippen LogP) is 1.88. The van der Waals surface area contributed by atoms with Crippen LogP contribution in [0.5, 0.6) is 0 Å². The molecule has 1 aliphatic heterocycles. The van der Waals surface area contributed by atoms with Crippen LogP contribution in [0, 0.1) is 5.92 Å². The van der Waals surface area contributed by atoms with Gasteiger partial charge in [0.25, 0.3) is 0 Å². The summed E-state index contributed by atoms with van der Waals surface area (Å²) in [7, 11) is 1.29. The van der Waals surface area contributed by atoms with Crippen LogP contribution in [0.2, 0.25) is 0 Å². The Labute approximate surface area is 113 Å². The van der Waals surface area contributed by atoms with Gasteiger partial charge >= 0.3 is 12.1 Å². The van der Waals surface area contributed by atoms with E-state index in [1.165, 1.54) is 7.11 Å². The standard InChI is InChI=1S/C12H14F3N3O2/c1-20-10(19)8-3-2-6-18(7-8)11-16-5-4-9(17-11)12(13,14)15/h4-5,8H,2-3,6-7H2,1H3. The minimum absolute atomic E-state index is 0.00609. The Morgan fingerprint density at radius 3 is 2.90 bits per heavy atom. The molecular weight excluding hydrogens is 275 g/mol. The van der Waals surface area contributed by atoms with Crippen LogP contribution in [-0.4, -0.2) is 36.1 Å². The molecule has 2 heterocycles. The first-order valence-electron chi connectivity index (χ1n) is 6.15. The van der Waals surface area contributed by atoms with Crippen molar-refractivity contribution in [1.29, 1.82) is 0 Å². The topological polar surface area (TPSA) is 55.3 Å². The maximum Gasteiger partial charge on any atom is 0.433 e. The van der Waals surface area contributed by atoms with E-state index in [4.69, 9.17) is 0 Å². The molecule has 1 fully saturated rings. The highest BCUT2D eigenvalue weighted by Gasteiger charge is 2.34. The Morgan fingerprint density at radius 1 is 1.50 bits per heavy atom. The first-order valence-corrected chi connectivity index (χ1v) is 6.15. The fourth-order valence-electron chi connectivity index (χ4n) is 2.18. The van der Waals surface area contributed by atoms with Crippen molar-refractivity contribution in [2.45, 2.75) is 19.0 Å². The monoisotopic (exact) mass is 289 g/mol. The number of hydrogen-bond donors (Lipinski definition) is 0. The number of piperidine rings is 1. The van der Waals surface area contributed by atoms with E-state index in [1.54, 1.807) is 4.90 Å². The van der Waals surface area contributed by atoms with Gasteiger partial charge in [-0.05, 0) is 18.9 Å². The highest BCUT2D eigenvalue weighted by Crippen LogP contribution is 2.29. The summed E-state index contributed by atoms with van der Waals surface area (Å²) in [5.74, 6) is -0.720. The summed E-state index contributed by atoms with van der Waals surface area (Å²) in [5.41, 5.74) is -0.984. The lowest BCUT2D eigenvalue weighted by molar-refractivity contribution is -0.146. The third kappa shape index (κ3) is 3.17. The van der Waals surface area contributed by atoms with Crippen LogP contribution in [0.25, 0.3) is 0 Å². The molecule has 0 aromatic carbocycles. The first-order chi connectivity index (χ1) is 9.41. The molecule has 5 nitrogen and oxygen atoms in total. The molecule has 1 aromatic rings. The fraction of sp³-hybridized carbons (Fsp3) is 0.583. The van der Waals surface area contributed by atoms with Crippen molar-refractivity contribution >= 4 is 11.9 Å². The van der Waals surface area contributed by atoms with E-state index in [0.29, 0.717) is 19.4 Å². The molecule has 1 aromatic heterocycles. The summed E-state index contributed by atoms with van der Waals surface area (Å²) < 4.78 is 42.5. The molecule has 0 bridgehead atoms. The quantitative estimate of drug-likeness (QED) is 0.778. The summed E-state index contributed by atoms with van der Waals surface area (Å²) in [6.07, 6.45) is -2.09. The number of aromatic nitrogens is 2. The van der Waals surface area contributed by atoms with Crippen LogP contribution in [0.1, 0.15) is 18.5 Å². The second-order valence-corrected chi connectivity index (χ2v) is 4.55. The van der Waals surface area contributed by atoms with Gasteiger partial charge in [-0.25, -0.2) is 9.97 Å². The Balaban J connectivity index is 2.17. The summed E-state index contributed by atoms with van der Waals surface area (Å²) >= 11 is 0. The van der Waals surface area contributed by atoms with Crippen LogP contribution in [0.4, 0.5) is 19.1 Å². The SMILES string of the molecule is COC(=O)C1CCCN(c2nccc(C(F)(F)F)n2)C1. The van der Waals surface area contributed by atoms with Crippen LogP contribution in [0.15, 0.2) is 12.3 Å². The molecule has 110 valence electrons. The number of rotatable bonds is 2. The van der Waals surface area contributed by atoms with Crippen molar-refractivity contribution in [1.82, 2.24) is 9.97 Å². The zero-order valence-corrected chi connectivity index (χ0v) is 10.9. The molecule has 20 heavy (non-hydrogen) atoms. The van der Waals surface area contributed by atoms with E-state index < -0.39 is 11.9 Å². The number of alkyl halides is 3. The second kappa shape index (κ2) is 5.64. The van der Waals surface area contributed by atoms with Gasteiger partial charge in [0.1, 0.15) is 5.69 Å². The largest absolute Gasteiger partial charge is 0.469 e. The van der Waals surface area contributed by atoms with Crippen LogP contribution < -0.4 is 4.90 Å². The molecule has 1 atom stereocenters. The Kier molecular flexibility index (Phi) is 4.10. The number of methoxy groups -OCH3 is 1. The van der Waals surface area contributed by atoms with Crippen molar-refractivity contribution in [3.05, 3.63) is 18.0 Å². The maximum absolute atomic E-state index is 12.6. The van der Waals surface area contributed by atoms with Crippen molar-refractivity contribution in [3.8, 4) is 0 Å². The Bertz CT molecular complexity index is 493. The van der Waals surface area contributed by atoms with Gasteiger partial charge in [0.05, 0.1) is 13.0 Å². The highest BCUT2D eigenvalue weighted by molar-refractivity contribution is 5.73. The maximum atomic E-state index is 12.6. The van der Waals surface area contributed by atoms with Crippen LogP contribution in [0.3, 0.4) is 0 Å². The third-order valence-electron chi connectivity index (χ3n) is 3.17. The lowest BCUT2D eigenvalue weighted by atomic mass is 9.98. The minimum atomic E-state index is -4.50. The lowest BCUT2D eigenvalue weighted by Crippen LogP contribution is -2.40. The van der Waals surface area contributed by atoms with E-state index >= 15 is 0 Å². The van der Waals surface area contributed by atoms with E-state index in [-0.39, 0.29) is 24.4 Å². The van der Waals surface area contributed by atoms with E-state index in [1.807, 2.05) is 0 Å². The van der Waals surface area contributed by atoms with Gasteiger partial charge in [-0.1, -0.05) is 0 Å². The molecule has 1 aliphatic rings. The fourth-order valence-corrected chi connectivity index (χ4v) is 2.18. The number of carbonyl (C=O) groups excluding carboxylic acids is 1. The average molecular weight is 289 g/mol. The summed E-state index contributed by atoms with van der Waals surface area (Å²) in [6, 6.07) is 0.825. The number of ether oxygens (including phenoxy) is 1. The van der Waals surface area contributed by atoms with Gasteiger partial charge in [-0.15, -0.1) is 0 Å². The number of anilines is 1. The van der Waals surface area contributed by atoms with Gasteiger partial charge in [-0.3, -0.25) is 4.79 Å². The molecule has 0 aliphatic carbocycles. The molecular formula is C12H14F3N3O2. The number of halogens is 3. The number of hydrogen-bond acceptors (Lipinski definition) is 5. The normalized spacial score (nSPS) is 19.8. The minimum Gasteiger partial charge on any atom is -0.469 e. The van der Waals surface area contributed by atoms with Gasteiger partial charge in [-0.2, -0.15) is 13.2 Å². The third-order valence-corrected chi connectivity index (χ3v) is 3.17. The second-order valence-electron chi connectivity index (χ2n) is 4.55. The van der Waals surface area contributed by atoms with Crippen molar-refractivity contribution in [2.24, 2.45) is 5.92 Å². The molecule has 1 saturated heterocycles. The summed E-state index contributed by atoms with van der Waals surface area (Å²) in [6.45, 7) is 0.794. The van der Waals surface area contributed by atoms with Crippen molar-refractivity contribution in [2.75, 3.05) is 25.1 Å². The predicted molar refractivity (Wildman–Crippen MR) is 64.0 cm³/mol. The summed E-state index contributed by atoms with van der Waals surface area (Å²) in [4.78, 5) is 20.5. The first kappa shape index (κ1) is 14.5. The molecule has 0 N–H and O–H groups in total. The smallest absolute Gasteiger partial charge is 0.433 e. The van der Waals surface area contributed by atoms with Crippen molar-refractivity contribution in [3.63, 3.8) is 0 Å². The molecule has 1 unspecified atom stereocenters. The zero-order chi connectivity index (χ0) is 14.8. The Morgan fingerprint density at radius 2 is 2.25 bits per heavy atom. The van der Waals surface area contributed by atoms with Gasteiger partial charge in [0.2, 0.25) is 5.95 Å². The molecule has 0 amide bonds. The zero-order valence-electron chi connectivity index (χ0n) is 10.9. The molecule has 0 saturated carbocycles. The summed E-state index contributed by atoms with van der Waals surface area (Å²) in [5, 5.41) is 0. The molecule has 0 radical (unpaired) electrons. The van der Waals surface area contributed by atoms with E-state index in [9.17, 15) is 18.0 Å². The molecule has 0 spiro atoms. The number of nitrogens with zero attached hydrogens (tertiary/aromatic N) is 3. The van der Waals surface area contributed by atoms with Crippen LogP contribution >= 0.6 is 0 Å². The number of esters is 1. The average Bonchev–Trinajstić information content (AvgIpc) is 2.46. The molecule has 2 rings (SSSR count). The number of carbonyl (C=O) groups is 1. The van der Waals surface area contributed by atoms with Gasteiger partial charge in [0, 0.05) is 19.3 Å². The highest BCUT2D eigenvalue weighted by atomic mass is 19.4.